The molecule has 0 aliphatic heterocycles. The first-order chi connectivity index (χ1) is 9.45. The summed E-state index contributed by atoms with van der Waals surface area (Å²) in [6.07, 6.45) is -1.65. The first-order valence-corrected chi connectivity index (χ1v) is 5.76. The van der Waals surface area contributed by atoms with E-state index in [1.54, 1.807) is 0 Å². The number of esters is 1. The van der Waals surface area contributed by atoms with Crippen molar-refractivity contribution in [1.82, 2.24) is 0 Å². The summed E-state index contributed by atoms with van der Waals surface area (Å²) in [5.41, 5.74) is -0.323. The minimum absolute atomic E-state index is 0.145. The summed E-state index contributed by atoms with van der Waals surface area (Å²) in [5, 5.41) is 10.0. The average Bonchev–Trinajstić information content (AvgIpc) is 2.92. The Kier molecular flexibility index (Phi) is 3.85. The average molecular weight is 282 g/mol. The molecule has 0 saturated carbocycles. The van der Waals surface area contributed by atoms with Crippen LogP contribution in [0.3, 0.4) is 0 Å². The molecule has 1 unspecified atom stereocenters. The summed E-state index contributed by atoms with van der Waals surface area (Å²) in [6.45, 7) is 1.45. The third-order valence-corrected chi connectivity index (χ3v) is 2.88. The highest BCUT2D eigenvalue weighted by atomic mass is 19.1. The van der Waals surface area contributed by atoms with E-state index < -0.39 is 29.3 Å². The number of benzene rings is 1. The zero-order valence-electron chi connectivity index (χ0n) is 10.8. The topological polar surface area (TPSA) is 59.7 Å². The first kappa shape index (κ1) is 14.2. The summed E-state index contributed by atoms with van der Waals surface area (Å²) < 4.78 is 37.0. The number of aryl methyl sites for hydroxylation is 1. The summed E-state index contributed by atoms with van der Waals surface area (Å²) >= 11 is 0. The van der Waals surface area contributed by atoms with Crippen LogP contribution in [0, 0.1) is 18.6 Å². The van der Waals surface area contributed by atoms with Gasteiger partial charge >= 0.3 is 5.97 Å². The van der Waals surface area contributed by atoms with Crippen LogP contribution in [0.15, 0.2) is 28.7 Å². The second kappa shape index (κ2) is 5.42. The normalized spacial score (nSPS) is 12.2. The van der Waals surface area contributed by atoms with Gasteiger partial charge in [0, 0.05) is 0 Å². The van der Waals surface area contributed by atoms with Crippen LogP contribution in [0.2, 0.25) is 0 Å². The SMILES string of the molecule is COC(=O)c1ccc(C(O)c2c(F)ccc(C)c2F)o1. The Morgan fingerprint density at radius 2 is 2.00 bits per heavy atom. The molecule has 1 N–H and O–H groups in total. The molecule has 0 fully saturated rings. The first-order valence-electron chi connectivity index (χ1n) is 5.76. The molecule has 1 heterocycles. The van der Waals surface area contributed by atoms with Gasteiger partial charge in [0.1, 0.15) is 23.5 Å². The van der Waals surface area contributed by atoms with Crippen molar-refractivity contribution in [2.75, 3.05) is 7.11 Å². The Morgan fingerprint density at radius 1 is 1.30 bits per heavy atom. The smallest absolute Gasteiger partial charge is 0.373 e. The number of rotatable bonds is 3. The zero-order valence-corrected chi connectivity index (χ0v) is 10.8. The number of ether oxygens (including phenoxy) is 1. The quantitative estimate of drug-likeness (QED) is 0.879. The van der Waals surface area contributed by atoms with Gasteiger partial charge in [0.2, 0.25) is 5.76 Å². The lowest BCUT2D eigenvalue weighted by Crippen LogP contribution is -2.06. The van der Waals surface area contributed by atoms with Gasteiger partial charge in [-0.25, -0.2) is 13.6 Å². The van der Waals surface area contributed by atoms with Gasteiger partial charge in [-0.2, -0.15) is 0 Å². The van der Waals surface area contributed by atoms with Crippen LogP contribution in [-0.2, 0) is 4.74 Å². The van der Waals surface area contributed by atoms with E-state index in [0.717, 1.165) is 6.07 Å². The van der Waals surface area contributed by atoms with Gasteiger partial charge in [-0.3, -0.25) is 0 Å². The van der Waals surface area contributed by atoms with Gasteiger partial charge in [0.15, 0.2) is 0 Å². The Morgan fingerprint density at radius 3 is 2.65 bits per heavy atom. The predicted octanol–water partition coefficient (Wildman–Crippen LogP) is 2.73. The molecule has 0 saturated heterocycles. The van der Waals surface area contributed by atoms with Crippen molar-refractivity contribution in [1.29, 1.82) is 0 Å². The van der Waals surface area contributed by atoms with Crippen LogP contribution in [0.4, 0.5) is 8.78 Å². The Labute approximate surface area is 113 Å². The molecule has 1 aromatic heterocycles. The summed E-state index contributed by atoms with van der Waals surface area (Å²) in [5.74, 6) is -2.79. The predicted molar refractivity (Wildman–Crippen MR) is 65.2 cm³/mol. The molecule has 20 heavy (non-hydrogen) atoms. The number of carbonyl (C=O) groups excluding carboxylic acids is 1. The molecule has 0 bridgehead atoms. The van der Waals surface area contributed by atoms with Gasteiger partial charge in [-0.15, -0.1) is 0 Å². The van der Waals surface area contributed by atoms with Gasteiger partial charge in [0.25, 0.3) is 0 Å². The minimum atomic E-state index is -1.65. The van der Waals surface area contributed by atoms with Crippen molar-refractivity contribution in [2.24, 2.45) is 0 Å². The lowest BCUT2D eigenvalue weighted by atomic mass is 10.0. The van der Waals surface area contributed by atoms with Crippen molar-refractivity contribution < 1.29 is 27.8 Å². The molecule has 0 amide bonds. The molecule has 2 rings (SSSR count). The number of halogens is 2. The number of aliphatic hydroxyl groups is 1. The van der Waals surface area contributed by atoms with E-state index >= 15 is 0 Å². The van der Waals surface area contributed by atoms with Crippen molar-refractivity contribution in [3.63, 3.8) is 0 Å². The second-order valence-corrected chi connectivity index (χ2v) is 4.19. The van der Waals surface area contributed by atoms with Crippen molar-refractivity contribution in [3.05, 3.63) is 58.5 Å². The largest absolute Gasteiger partial charge is 0.463 e. The fourth-order valence-electron chi connectivity index (χ4n) is 1.78. The third kappa shape index (κ3) is 2.42. The van der Waals surface area contributed by atoms with Crippen molar-refractivity contribution >= 4 is 5.97 Å². The molecule has 6 heteroatoms. The van der Waals surface area contributed by atoms with Gasteiger partial charge in [-0.1, -0.05) is 6.07 Å². The fourth-order valence-corrected chi connectivity index (χ4v) is 1.78. The van der Waals surface area contributed by atoms with E-state index in [9.17, 15) is 18.7 Å². The van der Waals surface area contributed by atoms with E-state index in [1.165, 1.54) is 32.2 Å². The minimum Gasteiger partial charge on any atom is -0.463 e. The molecular formula is C14H12F2O4. The highest BCUT2D eigenvalue weighted by Gasteiger charge is 2.24. The molecular weight excluding hydrogens is 270 g/mol. The Balaban J connectivity index is 2.41. The van der Waals surface area contributed by atoms with Crippen LogP contribution in [0.5, 0.6) is 0 Å². The Bertz CT molecular complexity index is 649. The molecule has 0 aliphatic carbocycles. The van der Waals surface area contributed by atoms with E-state index in [0.29, 0.717) is 0 Å². The molecule has 0 aliphatic rings. The van der Waals surface area contributed by atoms with Crippen LogP contribution < -0.4 is 0 Å². The van der Waals surface area contributed by atoms with Crippen molar-refractivity contribution in [2.45, 2.75) is 13.0 Å². The zero-order chi connectivity index (χ0) is 14.9. The lowest BCUT2D eigenvalue weighted by Gasteiger charge is -2.12. The van der Waals surface area contributed by atoms with Crippen LogP contribution in [-0.4, -0.2) is 18.2 Å². The molecule has 2 aromatic rings. The lowest BCUT2D eigenvalue weighted by molar-refractivity contribution is 0.0557. The van der Waals surface area contributed by atoms with Crippen LogP contribution in [0.25, 0.3) is 0 Å². The summed E-state index contributed by atoms with van der Waals surface area (Å²) in [7, 11) is 1.17. The molecule has 1 aromatic carbocycles. The number of carbonyl (C=O) groups is 1. The van der Waals surface area contributed by atoms with E-state index in [-0.39, 0.29) is 17.1 Å². The number of aliphatic hydroxyl groups excluding tert-OH is 1. The molecule has 1 atom stereocenters. The summed E-state index contributed by atoms with van der Waals surface area (Å²) in [4.78, 5) is 11.2. The maximum atomic E-state index is 13.9. The van der Waals surface area contributed by atoms with E-state index in [2.05, 4.69) is 4.74 Å². The maximum Gasteiger partial charge on any atom is 0.373 e. The van der Waals surface area contributed by atoms with Gasteiger partial charge in [-0.05, 0) is 30.7 Å². The Hall–Kier alpha value is -2.21. The van der Waals surface area contributed by atoms with E-state index in [4.69, 9.17) is 4.42 Å². The second-order valence-electron chi connectivity index (χ2n) is 4.19. The maximum absolute atomic E-state index is 13.9. The fraction of sp³-hybridized carbons (Fsp3) is 0.214. The number of hydrogen-bond donors (Lipinski definition) is 1. The number of furan rings is 1. The van der Waals surface area contributed by atoms with E-state index in [1.807, 2.05) is 0 Å². The van der Waals surface area contributed by atoms with Crippen LogP contribution in [0.1, 0.15) is 33.5 Å². The van der Waals surface area contributed by atoms with Crippen molar-refractivity contribution in [3.8, 4) is 0 Å². The summed E-state index contributed by atoms with van der Waals surface area (Å²) in [6, 6.07) is 4.85. The standard InChI is InChI=1S/C14H12F2O4/c1-7-3-4-8(15)11(12(7)16)13(17)9-5-6-10(20-9)14(18)19-2/h3-6,13,17H,1-2H3. The third-order valence-electron chi connectivity index (χ3n) is 2.88. The molecule has 0 radical (unpaired) electrons. The number of hydrogen-bond acceptors (Lipinski definition) is 4. The van der Waals surface area contributed by atoms with Gasteiger partial charge in [0.05, 0.1) is 12.7 Å². The molecule has 106 valence electrons. The molecule has 4 nitrogen and oxygen atoms in total. The highest BCUT2D eigenvalue weighted by Crippen LogP contribution is 2.29. The van der Waals surface area contributed by atoms with Gasteiger partial charge < -0.3 is 14.3 Å². The number of methoxy groups -OCH3 is 1. The highest BCUT2D eigenvalue weighted by molar-refractivity contribution is 5.86. The monoisotopic (exact) mass is 282 g/mol. The molecule has 0 spiro atoms. The van der Waals surface area contributed by atoms with Crippen LogP contribution >= 0.6 is 0 Å².